The highest BCUT2D eigenvalue weighted by Crippen LogP contribution is 2.60. The fourth-order valence-electron chi connectivity index (χ4n) is 5.32. The van der Waals surface area contributed by atoms with Gasteiger partial charge in [0.05, 0.1) is 6.04 Å². The third-order valence-corrected chi connectivity index (χ3v) is 5.75. The molecule has 0 heterocycles. The zero-order valence-corrected chi connectivity index (χ0v) is 12.9. The predicted molar refractivity (Wildman–Crippen MR) is 76.0 cm³/mol. The molecule has 0 spiro atoms. The third kappa shape index (κ3) is 2.37. The van der Waals surface area contributed by atoms with E-state index in [0.29, 0.717) is 0 Å². The molecule has 4 rings (SSSR count). The van der Waals surface area contributed by atoms with Crippen molar-refractivity contribution in [3.05, 3.63) is 0 Å². The van der Waals surface area contributed by atoms with Gasteiger partial charge in [-0.3, -0.25) is 4.79 Å². The Hall–Kier alpha value is -0.610. The Bertz CT molecular complexity index is 343. The number of ether oxygens (including phenoxy) is 2. The first-order chi connectivity index (χ1) is 9.56. The molecule has 0 aromatic heterocycles. The van der Waals surface area contributed by atoms with Crippen molar-refractivity contribution in [3.8, 4) is 0 Å². The van der Waals surface area contributed by atoms with Crippen LogP contribution in [0.3, 0.4) is 0 Å². The highest BCUT2D eigenvalue weighted by Gasteiger charge is 2.54. The van der Waals surface area contributed by atoms with Gasteiger partial charge >= 0.3 is 0 Å². The summed E-state index contributed by atoms with van der Waals surface area (Å²) in [6, 6.07) is -0.106. The van der Waals surface area contributed by atoms with Crippen LogP contribution >= 0.6 is 0 Å². The van der Waals surface area contributed by atoms with Gasteiger partial charge in [-0.1, -0.05) is 0 Å². The molecule has 4 saturated carbocycles. The summed E-state index contributed by atoms with van der Waals surface area (Å²) in [6.07, 6.45) is 7.02. The molecule has 20 heavy (non-hydrogen) atoms. The molecule has 0 aromatic rings. The summed E-state index contributed by atoms with van der Waals surface area (Å²) in [7, 11) is 3.23. The van der Waals surface area contributed by atoms with E-state index in [0.717, 1.165) is 37.0 Å². The van der Waals surface area contributed by atoms with Crippen molar-refractivity contribution in [2.24, 2.45) is 23.2 Å². The highest BCUT2D eigenvalue weighted by atomic mass is 16.7. The summed E-state index contributed by atoms with van der Waals surface area (Å²) in [5.41, 5.74) is -0.0883. The molecule has 1 unspecified atom stereocenters. The normalized spacial score (nSPS) is 40.1. The standard InChI is InChI=1S/C16H27NO3/c1-10(14(19-2)20-3)17-15(18)16-7-11-4-12(8-16)6-13(5-11)9-16/h10-14H,4-9H2,1-3H3,(H,17,18). The van der Waals surface area contributed by atoms with Crippen LogP contribution in [0, 0.1) is 23.2 Å². The second-order valence-electron chi connectivity index (χ2n) is 7.30. The molecule has 1 atom stereocenters. The maximum absolute atomic E-state index is 12.8. The topological polar surface area (TPSA) is 47.6 Å². The lowest BCUT2D eigenvalue weighted by Crippen LogP contribution is -2.56. The molecule has 4 bridgehead atoms. The number of methoxy groups -OCH3 is 2. The van der Waals surface area contributed by atoms with Crippen LogP contribution in [0.4, 0.5) is 0 Å². The minimum absolute atomic E-state index is 0.0883. The largest absolute Gasteiger partial charge is 0.354 e. The molecular formula is C16H27NO3. The number of hydrogen-bond donors (Lipinski definition) is 1. The molecule has 1 N–H and O–H groups in total. The van der Waals surface area contributed by atoms with Gasteiger partial charge in [0, 0.05) is 19.6 Å². The minimum Gasteiger partial charge on any atom is -0.354 e. The average molecular weight is 281 g/mol. The molecule has 1 amide bonds. The van der Waals surface area contributed by atoms with Crippen molar-refractivity contribution in [1.29, 1.82) is 0 Å². The predicted octanol–water partition coefficient (Wildman–Crippen LogP) is 2.33. The maximum Gasteiger partial charge on any atom is 0.226 e. The lowest BCUT2D eigenvalue weighted by Gasteiger charge is -2.55. The van der Waals surface area contributed by atoms with Crippen LogP contribution in [0.1, 0.15) is 45.4 Å². The van der Waals surface area contributed by atoms with Gasteiger partial charge < -0.3 is 14.8 Å². The van der Waals surface area contributed by atoms with Gasteiger partial charge in [0.1, 0.15) is 0 Å². The first kappa shape index (κ1) is 14.3. The van der Waals surface area contributed by atoms with E-state index < -0.39 is 0 Å². The number of hydrogen-bond acceptors (Lipinski definition) is 3. The molecule has 4 aliphatic rings. The first-order valence-electron chi connectivity index (χ1n) is 7.93. The number of nitrogens with one attached hydrogen (secondary N) is 1. The Kier molecular flexibility index (Phi) is 3.80. The molecule has 4 nitrogen and oxygen atoms in total. The summed E-state index contributed by atoms with van der Waals surface area (Å²) in [6.45, 7) is 1.95. The smallest absolute Gasteiger partial charge is 0.226 e. The van der Waals surface area contributed by atoms with E-state index in [2.05, 4.69) is 5.32 Å². The molecule has 4 heteroatoms. The number of amides is 1. The van der Waals surface area contributed by atoms with E-state index in [1.54, 1.807) is 14.2 Å². The third-order valence-electron chi connectivity index (χ3n) is 5.75. The van der Waals surface area contributed by atoms with Gasteiger partial charge in [0.25, 0.3) is 0 Å². The molecule has 4 aliphatic carbocycles. The molecule has 0 aromatic carbocycles. The van der Waals surface area contributed by atoms with Crippen molar-refractivity contribution in [2.45, 2.75) is 57.8 Å². The van der Waals surface area contributed by atoms with Gasteiger partial charge in [-0.2, -0.15) is 0 Å². The van der Waals surface area contributed by atoms with Gasteiger partial charge in [-0.05, 0) is 63.2 Å². The number of carbonyl (C=O) groups is 1. The van der Waals surface area contributed by atoms with Crippen LogP contribution in [0.5, 0.6) is 0 Å². The van der Waals surface area contributed by atoms with E-state index in [4.69, 9.17) is 9.47 Å². The molecule has 114 valence electrons. The fourth-order valence-corrected chi connectivity index (χ4v) is 5.32. The Labute approximate surface area is 121 Å². The molecule has 0 saturated heterocycles. The number of carbonyl (C=O) groups excluding carboxylic acids is 1. The molecule has 0 radical (unpaired) electrons. The Balaban J connectivity index is 1.68. The fraction of sp³-hybridized carbons (Fsp3) is 0.938. The summed E-state index contributed by atoms with van der Waals surface area (Å²) >= 11 is 0. The average Bonchev–Trinajstić information content (AvgIpc) is 2.38. The summed E-state index contributed by atoms with van der Waals surface area (Å²) in [5, 5.41) is 3.15. The Morgan fingerprint density at radius 1 is 1.05 bits per heavy atom. The lowest BCUT2D eigenvalue weighted by molar-refractivity contribution is -0.154. The highest BCUT2D eigenvalue weighted by molar-refractivity contribution is 5.83. The molecule has 4 fully saturated rings. The van der Waals surface area contributed by atoms with E-state index >= 15 is 0 Å². The lowest BCUT2D eigenvalue weighted by atomic mass is 9.49. The SMILES string of the molecule is COC(OC)C(C)NC(=O)C12CC3CC(CC(C3)C1)C2. The van der Waals surface area contributed by atoms with Crippen molar-refractivity contribution in [1.82, 2.24) is 5.32 Å². The summed E-state index contributed by atoms with van der Waals surface area (Å²) in [5.74, 6) is 2.62. The van der Waals surface area contributed by atoms with Crippen molar-refractivity contribution >= 4 is 5.91 Å². The van der Waals surface area contributed by atoms with Crippen molar-refractivity contribution < 1.29 is 14.3 Å². The van der Waals surface area contributed by atoms with E-state index in [1.165, 1.54) is 19.3 Å². The first-order valence-corrected chi connectivity index (χ1v) is 7.93. The Morgan fingerprint density at radius 2 is 1.50 bits per heavy atom. The second-order valence-corrected chi connectivity index (χ2v) is 7.30. The second kappa shape index (κ2) is 5.30. The van der Waals surface area contributed by atoms with Gasteiger partial charge in [-0.25, -0.2) is 0 Å². The summed E-state index contributed by atoms with van der Waals surface area (Å²) < 4.78 is 10.5. The van der Waals surface area contributed by atoms with Crippen LogP contribution in [0.15, 0.2) is 0 Å². The van der Waals surface area contributed by atoms with Crippen molar-refractivity contribution in [3.63, 3.8) is 0 Å². The van der Waals surface area contributed by atoms with Crippen LogP contribution in [-0.2, 0) is 14.3 Å². The molecule has 0 aliphatic heterocycles. The summed E-state index contributed by atoms with van der Waals surface area (Å²) in [4.78, 5) is 12.8. The zero-order chi connectivity index (χ0) is 14.3. The minimum atomic E-state index is -0.368. The van der Waals surface area contributed by atoms with E-state index in [1.807, 2.05) is 6.92 Å². The van der Waals surface area contributed by atoms with Gasteiger partial charge in [0.2, 0.25) is 5.91 Å². The zero-order valence-electron chi connectivity index (χ0n) is 12.9. The van der Waals surface area contributed by atoms with Crippen LogP contribution in [-0.4, -0.2) is 32.5 Å². The maximum atomic E-state index is 12.8. The van der Waals surface area contributed by atoms with Crippen LogP contribution in [0.25, 0.3) is 0 Å². The van der Waals surface area contributed by atoms with E-state index in [-0.39, 0.29) is 23.7 Å². The van der Waals surface area contributed by atoms with Crippen LogP contribution < -0.4 is 5.32 Å². The van der Waals surface area contributed by atoms with Gasteiger partial charge in [0.15, 0.2) is 6.29 Å². The van der Waals surface area contributed by atoms with Crippen molar-refractivity contribution in [2.75, 3.05) is 14.2 Å². The van der Waals surface area contributed by atoms with E-state index in [9.17, 15) is 4.79 Å². The monoisotopic (exact) mass is 281 g/mol. The van der Waals surface area contributed by atoms with Crippen LogP contribution in [0.2, 0.25) is 0 Å². The number of rotatable bonds is 5. The molecular weight excluding hydrogens is 254 g/mol. The Morgan fingerprint density at radius 3 is 1.90 bits per heavy atom. The quantitative estimate of drug-likeness (QED) is 0.787. The van der Waals surface area contributed by atoms with Gasteiger partial charge in [-0.15, -0.1) is 0 Å².